The Morgan fingerprint density at radius 3 is 2.88 bits per heavy atom. The van der Waals surface area contributed by atoms with Crippen LogP contribution in [0.15, 0.2) is 12.2 Å². The number of alkyl halides is 1. The Morgan fingerprint density at radius 2 is 2.31 bits per heavy atom. The predicted octanol–water partition coefficient (Wildman–Crippen LogP) is 1.82. The summed E-state index contributed by atoms with van der Waals surface area (Å²) >= 11 is 7.03. The fourth-order valence-corrected chi connectivity index (χ4v) is 5.64. The number of allylic oxidation sites excluding steroid dienone is 1. The molecule has 0 aromatic rings. The average molecular weight is 406 g/mol. The molecule has 0 unspecified atom stereocenters. The van der Waals surface area contributed by atoms with Gasteiger partial charge >= 0.3 is 5.97 Å². The number of aliphatic hydroxyl groups is 2. The molecule has 6 nitrogen and oxygen atoms in total. The van der Waals surface area contributed by atoms with Crippen molar-refractivity contribution < 1.29 is 24.5 Å². The van der Waals surface area contributed by atoms with Gasteiger partial charge in [-0.15, -0.1) is 23.4 Å². The zero-order chi connectivity index (χ0) is 19.4. The van der Waals surface area contributed by atoms with Crippen LogP contribution in [-0.4, -0.2) is 57.4 Å². The summed E-state index contributed by atoms with van der Waals surface area (Å²) in [5.74, 6) is -1.04. The number of nitrogens with one attached hydrogen (secondary N) is 1. The third-order valence-electron chi connectivity index (χ3n) is 5.43. The van der Waals surface area contributed by atoms with E-state index in [0.29, 0.717) is 12.2 Å². The van der Waals surface area contributed by atoms with Crippen molar-refractivity contribution in [3.05, 3.63) is 12.2 Å². The Kier molecular flexibility index (Phi) is 7.42. The van der Waals surface area contributed by atoms with Crippen LogP contribution >= 0.6 is 23.4 Å². The van der Waals surface area contributed by atoms with Crippen LogP contribution in [0.2, 0.25) is 0 Å². The monoisotopic (exact) mass is 405 g/mol. The summed E-state index contributed by atoms with van der Waals surface area (Å²) in [7, 11) is 1.31. The maximum absolute atomic E-state index is 12.6. The summed E-state index contributed by atoms with van der Waals surface area (Å²) in [5, 5.41) is 25.4. The van der Waals surface area contributed by atoms with E-state index in [0.717, 1.165) is 19.3 Å². The number of carbonyl (C=O) groups is 2. The fraction of sp³-hybridized carbons (Fsp3) is 0.778. The van der Waals surface area contributed by atoms with Crippen LogP contribution in [0, 0.1) is 11.8 Å². The molecule has 1 aliphatic heterocycles. The first kappa shape index (κ1) is 21.5. The minimum atomic E-state index is -1.51. The molecule has 1 heterocycles. The van der Waals surface area contributed by atoms with E-state index < -0.39 is 22.5 Å². The van der Waals surface area contributed by atoms with Gasteiger partial charge in [0.05, 0.1) is 25.6 Å². The fourth-order valence-electron chi connectivity index (χ4n) is 3.87. The largest absolute Gasteiger partial charge is 0.469 e. The Bertz CT molecular complexity index is 556. The maximum atomic E-state index is 12.6. The molecule has 0 saturated carbocycles. The Labute approximate surface area is 163 Å². The van der Waals surface area contributed by atoms with Crippen LogP contribution in [0.1, 0.15) is 39.0 Å². The lowest BCUT2D eigenvalue weighted by Crippen LogP contribution is -2.63. The minimum absolute atomic E-state index is 0.127. The third-order valence-corrected chi connectivity index (χ3v) is 7.27. The van der Waals surface area contributed by atoms with Gasteiger partial charge in [-0.05, 0) is 32.6 Å². The highest BCUT2D eigenvalue weighted by atomic mass is 35.5. The zero-order valence-electron chi connectivity index (χ0n) is 15.2. The Hall–Kier alpha value is -0.760. The first-order valence-corrected chi connectivity index (χ1v) is 10.5. The summed E-state index contributed by atoms with van der Waals surface area (Å²) < 4.78 is 4.66. The van der Waals surface area contributed by atoms with Gasteiger partial charge in [0.1, 0.15) is 10.5 Å². The number of ether oxygens (including phenoxy) is 1. The molecule has 0 spiro atoms. The number of carbonyl (C=O) groups excluding carboxylic acids is 2. The van der Waals surface area contributed by atoms with Crippen molar-refractivity contribution in [3.63, 3.8) is 0 Å². The molecule has 1 aliphatic carbocycles. The van der Waals surface area contributed by atoms with Gasteiger partial charge in [0.15, 0.2) is 0 Å². The van der Waals surface area contributed by atoms with Crippen LogP contribution < -0.4 is 5.32 Å². The number of amides is 1. The first-order chi connectivity index (χ1) is 12.3. The van der Waals surface area contributed by atoms with Crippen molar-refractivity contribution >= 4 is 35.2 Å². The molecule has 8 heteroatoms. The molecule has 1 saturated heterocycles. The Morgan fingerprint density at radius 1 is 1.58 bits per heavy atom. The normalized spacial score (nSPS) is 35.2. The lowest BCUT2D eigenvalue weighted by Gasteiger charge is -2.46. The second-order valence-corrected chi connectivity index (χ2v) is 8.76. The lowest BCUT2D eigenvalue weighted by molar-refractivity contribution is -0.140. The summed E-state index contributed by atoms with van der Waals surface area (Å²) in [6.07, 6.45) is 6.12. The van der Waals surface area contributed by atoms with Crippen LogP contribution in [-0.2, 0) is 14.3 Å². The zero-order valence-corrected chi connectivity index (χ0v) is 16.8. The molecule has 148 valence electrons. The van der Waals surface area contributed by atoms with E-state index in [9.17, 15) is 19.8 Å². The van der Waals surface area contributed by atoms with E-state index in [-0.39, 0.29) is 30.1 Å². The molecule has 0 radical (unpaired) electrons. The summed E-state index contributed by atoms with van der Waals surface area (Å²) in [4.78, 5) is 22.7. The molecule has 0 aromatic heterocycles. The van der Waals surface area contributed by atoms with Crippen molar-refractivity contribution in [1.82, 2.24) is 5.32 Å². The number of rotatable bonds is 8. The Balaban J connectivity index is 2.31. The summed E-state index contributed by atoms with van der Waals surface area (Å²) in [6.45, 7) is 1.57. The second-order valence-electron chi connectivity index (χ2n) is 7.05. The SMILES string of the molecule is COC(=O)CCS[C@]1([C@@H](O)[C@@H]2C=CCCC2)NC(=O)[C@H](CCCl)[C@]1(C)O. The first-order valence-electron chi connectivity index (χ1n) is 8.96. The average Bonchev–Trinajstić information content (AvgIpc) is 2.82. The van der Waals surface area contributed by atoms with Crippen molar-refractivity contribution in [1.29, 1.82) is 0 Å². The van der Waals surface area contributed by atoms with Gasteiger partial charge in [-0.2, -0.15) is 0 Å². The molecule has 2 rings (SSSR count). The predicted molar refractivity (Wildman–Crippen MR) is 102 cm³/mol. The topological polar surface area (TPSA) is 95.9 Å². The number of hydrogen-bond donors (Lipinski definition) is 3. The molecule has 5 atom stereocenters. The summed E-state index contributed by atoms with van der Waals surface area (Å²) in [6, 6.07) is 0. The highest BCUT2D eigenvalue weighted by Gasteiger charge is 2.65. The molecular weight excluding hydrogens is 378 g/mol. The van der Waals surface area contributed by atoms with Crippen molar-refractivity contribution in [3.8, 4) is 0 Å². The summed E-state index contributed by atoms with van der Waals surface area (Å²) in [5.41, 5.74) is -1.51. The number of thioether (sulfide) groups is 1. The van der Waals surface area contributed by atoms with Gasteiger partial charge in [0.2, 0.25) is 5.91 Å². The number of aliphatic hydroxyl groups excluding tert-OH is 1. The van der Waals surface area contributed by atoms with Crippen LogP contribution in [0.5, 0.6) is 0 Å². The molecule has 0 bridgehead atoms. The van der Waals surface area contributed by atoms with E-state index in [1.54, 1.807) is 6.92 Å². The van der Waals surface area contributed by atoms with Gasteiger partial charge in [-0.3, -0.25) is 9.59 Å². The molecule has 1 fully saturated rings. The number of hydrogen-bond acceptors (Lipinski definition) is 6. The van der Waals surface area contributed by atoms with E-state index >= 15 is 0 Å². The van der Waals surface area contributed by atoms with Gasteiger partial charge < -0.3 is 20.3 Å². The van der Waals surface area contributed by atoms with E-state index in [4.69, 9.17) is 11.6 Å². The third kappa shape index (κ3) is 4.06. The molecule has 3 N–H and O–H groups in total. The van der Waals surface area contributed by atoms with Crippen LogP contribution in [0.4, 0.5) is 0 Å². The van der Waals surface area contributed by atoms with Crippen molar-refractivity contribution in [2.45, 2.75) is 55.6 Å². The number of methoxy groups -OCH3 is 1. The van der Waals surface area contributed by atoms with Crippen LogP contribution in [0.25, 0.3) is 0 Å². The quantitative estimate of drug-likeness (QED) is 0.324. The van der Waals surface area contributed by atoms with Gasteiger partial charge in [-0.1, -0.05) is 12.2 Å². The van der Waals surface area contributed by atoms with Gasteiger partial charge in [0.25, 0.3) is 0 Å². The van der Waals surface area contributed by atoms with Crippen LogP contribution in [0.3, 0.4) is 0 Å². The molecule has 2 aliphatic rings. The second kappa shape index (κ2) is 8.95. The van der Waals surface area contributed by atoms with Gasteiger partial charge in [0, 0.05) is 17.6 Å². The van der Waals surface area contributed by atoms with E-state index in [1.165, 1.54) is 18.9 Å². The minimum Gasteiger partial charge on any atom is -0.469 e. The lowest BCUT2D eigenvalue weighted by atomic mass is 9.77. The smallest absolute Gasteiger partial charge is 0.306 e. The maximum Gasteiger partial charge on any atom is 0.306 e. The molecule has 1 amide bonds. The molecular formula is C18H28ClNO5S. The highest BCUT2D eigenvalue weighted by Crippen LogP contribution is 2.50. The standard InChI is InChI=1S/C18H28ClNO5S/c1-17(24)13(8-10-19)16(23)20-18(17,26-11-9-14(21)25-2)15(22)12-6-4-3-5-7-12/h4,6,12-13,15,22,24H,3,5,7-11H2,1-2H3,(H,20,23)/t12-,13+,15+,17+,18+/m1/s1. The van der Waals surface area contributed by atoms with Gasteiger partial charge in [-0.25, -0.2) is 0 Å². The highest BCUT2D eigenvalue weighted by molar-refractivity contribution is 8.00. The molecule has 0 aromatic carbocycles. The van der Waals surface area contributed by atoms with E-state index in [2.05, 4.69) is 10.1 Å². The van der Waals surface area contributed by atoms with Crippen molar-refractivity contribution in [2.75, 3.05) is 18.7 Å². The number of esters is 1. The molecule has 26 heavy (non-hydrogen) atoms. The van der Waals surface area contributed by atoms with Crippen molar-refractivity contribution in [2.24, 2.45) is 11.8 Å². The van der Waals surface area contributed by atoms with E-state index in [1.807, 2.05) is 12.2 Å². The number of halogens is 1.